The minimum Gasteiger partial charge on any atom is -0.497 e. The fourth-order valence-corrected chi connectivity index (χ4v) is 2.48. The molecule has 0 fully saturated rings. The molecule has 2 heterocycles. The highest BCUT2D eigenvalue weighted by Gasteiger charge is 2.10. The Morgan fingerprint density at radius 2 is 2.22 bits per heavy atom. The summed E-state index contributed by atoms with van der Waals surface area (Å²) in [5.41, 5.74) is 3.15. The highest BCUT2D eigenvalue weighted by Crippen LogP contribution is 2.28. The standard InChI is InChI=1S/C18H13N7O2/c1-26-14-4-2-3-11(7-14)18-21-15-8-13(5-6-16(15)27-18)20-10-12(9-19)17-22-24-25-23-17/h2-8,10,20H,1H3,(H,22,23,24,25). The molecule has 2 aromatic heterocycles. The summed E-state index contributed by atoms with van der Waals surface area (Å²) in [6.45, 7) is 0. The van der Waals surface area contributed by atoms with Crippen molar-refractivity contribution in [3.8, 4) is 23.3 Å². The summed E-state index contributed by atoms with van der Waals surface area (Å²) in [5.74, 6) is 1.45. The van der Waals surface area contributed by atoms with Crippen LogP contribution in [-0.2, 0) is 0 Å². The Morgan fingerprint density at radius 1 is 1.30 bits per heavy atom. The number of rotatable bonds is 5. The second-order valence-corrected chi connectivity index (χ2v) is 5.48. The molecule has 27 heavy (non-hydrogen) atoms. The number of hydrogen-bond acceptors (Lipinski definition) is 8. The number of ether oxygens (including phenoxy) is 1. The molecule has 0 aliphatic carbocycles. The van der Waals surface area contributed by atoms with Crippen LogP contribution in [0.4, 0.5) is 5.69 Å². The molecule has 0 unspecified atom stereocenters. The van der Waals surface area contributed by atoms with Crippen LogP contribution in [0.5, 0.6) is 5.75 Å². The lowest BCUT2D eigenvalue weighted by atomic mass is 10.2. The first-order valence-electron chi connectivity index (χ1n) is 7.92. The van der Waals surface area contributed by atoms with E-state index in [-0.39, 0.29) is 11.4 Å². The number of nitrogens with one attached hydrogen (secondary N) is 2. The minimum atomic E-state index is 0.216. The summed E-state index contributed by atoms with van der Waals surface area (Å²) in [6, 6.07) is 15.0. The molecule has 4 rings (SSSR count). The van der Waals surface area contributed by atoms with Crippen molar-refractivity contribution in [2.75, 3.05) is 12.4 Å². The van der Waals surface area contributed by atoms with Crippen LogP contribution < -0.4 is 10.1 Å². The summed E-state index contributed by atoms with van der Waals surface area (Å²) in [6.07, 6.45) is 1.51. The molecular weight excluding hydrogens is 346 g/mol. The predicted octanol–water partition coefficient (Wildman–Crippen LogP) is 2.99. The normalized spacial score (nSPS) is 11.3. The summed E-state index contributed by atoms with van der Waals surface area (Å²) in [4.78, 5) is 4.53. The zero-order valence-corrected chi connectivity index (χ0v) is 14.2. The minimum absolute atomic E-state index is 0.216. The van der Waals surface area contributed by atoms with Crippen LogP contribution in [0.3, 0.4) is 0 Å². The maximum Gasteiger partial charge on any atom is 0.227 e. The van der Waals surface area contributed by atoms with Gasteiger partial charge in [-0.1, -0.05) is 6.07 Å². The summed E-state index contributed by atoms with van der Waals surface area (Å²) in [5, 5.41) is 25.6. The highest BCUT2D eigenvalue weighted by atomic mass is 16.5. The SMILES string of the molecule is COc1cccc(-c2nc3cc(NC=C(C#N)c4nn[nH]n4)ccc3o2)c1. The lowest BCUT2D eigenvalue weighted by Gasteiger charge is -2.00. The largest absolute Gasteiger partial charge is 0.497 e. The maximum absolute atomic E-state index is 9.20. The van der Waals surface area contributed by atoms with E-state index in [4.69, 9.17) is 9.15 Å². The molecule has 0 aliphatic heterocycles. The van der Waals surface area contributed by atoms with Crippen molar-refractivity contribution < 1.29 is 9.15 Å². The maximum atomic E-state index is 9.20. The van der Waals surface area contributed by atoms with Crippen LogP contribution >= 0.6 is 0 Å². The first-order chi connectivity index (χ1) is 13.3. The Hall–Kier alpha value is -4.19. The number of fused-ring (bicyclic) bond motifs is 1. The van der Waals surface area contributed by atoms with Crippen molar-refractivity contribution in [2.45, 2.75) is 0 Å². The summed E-state index contributed by atoms with van der Waals surface area (Å²) in [7, 11) is 1.61. The quantitative estimate of drug-likeness (QED) is 0.521. The highest BCUT2D eigenvalue weighted by molar-refractivity contribution is 5.81. The summed E-state index contributed by atoms with van der Waals surface area (Å²) >= 11 is 0. The second-order valence-electron chi connectivity index (χ2n) is 5.48. The molecule has 132 valence electrons. The third kappa shape index (κ3) is 3.32. The lowest BCUT2D eigenvalue weighted by Crippen LogP contribution is -1.92. The van der Waals surface area contributed by atoms with Crippen molar-refractivity contribution >= 4 is 22.4 Å². The Kier molecular flexibility index (Phi) is 4.20. The number of aromatic amines is 1. The van der Waals surface area contributed by atoms with E-state index in [0.717, 1.165) is 17.0 Å². The molecule has 2 N–H and O–H groups in total. The number of nitriles is 1. The number of oxazole rings is 1. The number of benzene rings is 2. The van der Waals surface area contributed by atoms with E-state index in [0.29, 0.717) is 17.0 Å². The monoisotopic (exact) mass is 359 g/mol. The molecule has 0 bridgehead atoms. The van der Waals surface area contributed by atoms with E-state index in [1.807, 2.05) is 48.5 Å². The van der Waals surface area contributed by atoms with Crippen LogP contribution in [0.25, 0.3) is 28.1 Å². The Bertz CT molecular complexity index is 1160. The number of aromatic nitrogens is 5. The molecule has 2 aromatic carbocycles. The molecule has 4 aromatic rings. The average molecular weight is 359 g/mol. The fraction of sp³-hybridized carbons (Fsp3) is 0.0556. The van der Waals surface area contributed by atoms with Gasteiger partial charge in [0, 0.05) is 17.5 Å². The van der Waals surface area contributed by atoms with Crippen LogP contribution in [0.2, 0.25) is 0 Å². The van der Waals surface area contributed by atoms with E-state index < -0.39 is 0 Å². The van der Waals surface area contributed by atoms with Crippen molar-refractivity contribution in [3.05, 3.63) is 54.5 Å². The average Bonchev–Trinajstić information content (AvgIpc) is 3.38. The van der Waals surface area contributed by atoms with Gasteiger partial charge in [-0.15, -0.1) is 10.2 Å². The fourth-order valence-electron chi connectivity index (χ4n) is 2.48. The van der Waals surface area contributed by atoms with Gasteiger partial charge >= 0.3 is 0 Å². The van der Waals surface area contributed by atoms with Gasteiger partial charge in [-0.05, 0) is 41.6 Å². The topological polar surface area (TPSA) is 126 Å². The molecule has 0 aliphatic rings. The Morgan fingerprint density at radius 3 is 3.00 bits per heavy atom. The lowest BCUT2D eigenvalue weighted by molar-refractivity contribution is 0.415. The number of H-pyrrole nitrogens is 1. The first kappa shape index (κ1) is 16.3. The van der Waals surface area contributed by atoms with Gasteiger partial charge in [0.2, 0.25) is 11.7 Å². The van der Waals surface area contributed by atoms with Gasteiger partial charge < -0.3 is 14.5 Å². The number of hydrogen-bond donors (Lipinski definition) is 2. The molecule has 0 saturated heterocycles. The van der Waals surface area contributed by atoms with E-state index >= 15 is 0 Å². The molecule has 0 radical (unpaired) electrons. The van der Waals surface area contributed by atoms with Gasteiger partial charge in [0.05, 0.1) is 7.11 Å². The van der Waals surface area contributed by atoms with E-state index in [2.05, 4.69) is 30.9 Å². The van der Waals surface area contributed by atoms with Crippen molar-refractivity contribution in [1.29, 1.82) is 5.26 Å². The van der Waals surface area contributed by atoms with Gasteiger partial charge in [0.25, 0.3) is 0 Å². The predicted molar refractivity (Wildman–Crippen MR) is 97.4 cm³/mol. The molecule has 0 saturated carbocycles. The van der Waals surface area contributed by atoms with E-state index in [9.17, 15) is 5.26 Å². The van der Waals surface area contributed by atoms with E-state index in [1.165, 1.54) is 6.20 Å². The van der Waals surface area contributed by atoms with E-state index in [1.54, 1.807) is 7.11 Å². The second kappa shape index (κ2) is 6.97. The van der Waals surface area contributed by atoms with Gasteiger partial charge in [-0.25, -0.2) is 4.98 Å². The number of nitrogens with zero attached hydrogens (tertiary/aromatic N) is 5. The van der Waals surface area contributed by atoms with Crippen molar-refractivity contribution in [3.63, 3.8) is 0 Å². The van der Waals surface area contributed by atoms with Gasteiger partial charge in [0.1, 0.15) is 22.9 Å². The number of anilines is 1. The molecule has 9 nitrogen and oxygen atoms in total. The van der Waals surface area contributed by atoms with Gasteiger partial charge in [0.15, 0.2) is 5.58 Å². The van der Waals surface area contributed by atoms with Gasteiger partial charge in [-0.3, -0.25) is 0 Å². The van der Waals surface area contributed by atoms with Crippen LogP contribution in [-0.4, -0.2) is 32.7 Å². The molecule has 0 spiro atoms. The summed E-state index contributed by atoms with van der Waals surface area (Å²) < 4.78 is 11.1. The third-order valence-electron chi connectivity index (χ3n) is 3.79. The first-order valence-corrected chi connectivity index (χ1v) is 7.92. The van der Waals surface area contributed by atoms with Crippen LogP contribution in [0, 0.1) is 11.3 Å². The van der Waals surface area contributed by atoms with Crippen molar-refractivity contribution in [1.82, 2.24) is 25.6 Å². The third-order valence-corrected chi connectivity index (χ3v) is 3.79. The van der Waals surface area contributed by atoms with Crippen LogP contribution in [0.1, 0.15) is 5.82 Å². The number of allylic oxidation sites excluding steroid dienone is 1. The Balaban J connectivity index is 1.62. The molecular formula is C18H13N7O2. The zero-order valence-electron chi connectivity index (χ0n) is 14.2. The Labute approximate surface area is 153 Å². The van der Waals surface area contributed by atoms with Gasteiger partial charge in [-0.2, -0.15) is 10.5 Å². The number of tetrazole rings is 1. The zero-order chi connectivity index (χ0) is 18.6. The number of methoxy groups -OCH3 is 1. The van der Waals surface area contributed by atoms with Crippen molar-refractivity contribution in [2.24, 2.45) is 0 Å². The molecule has 0 atom stereocenters. The molecule has 0 amide bonds. The smallest absolute Gasteiger partial charge is 0.227 e. The molecule has 9 heteroatoms. The van der Waals surface area contributed by atoms with Crippen LogP contribution in [0.15, 0.2) is 53.1 Å².